The van der Waals surface area contributed by atoms with Crippen molar-refractivity contribution >= 4 is 5.91 Å². The highest BCUT2D eigenvalue weighted by molar-refractivity contribution is 5.94. The minimum atomic E-state index is -0.189. The summed E-state index contributed by atoms with van der Waals surface area (Å²) in [5, 5.41) is 2.95. The van der Waals surface area contributed by atoms with Crippen molar-refractivity contribution < 1.29 is 14.3 Å². The maximum atomic E-state index is 12.3. The number of hydrogen-bond acceptors (Lipinski definition) is 4. The number of rotatable bonds is 5. The number of nitrogens with one attached hydrogen (secondary N) is 1. The van der Waals surface area contributed by atoms with Crippen molar-refractivity contribution in [1.82, 2.24) is 10.3 Å². The zero-order valence-corrected chi connectivity index (χ0v) is 13.2. The first-order valence-corrected chi connectivity index (χ1v) is 7.00. The Bertz CT molecular complexity index is 653. The lowest BCUT2D eigenvalue weighted by molar-refractivity contribution is 0.0939. The van der Waals surface area contributed by atoms with Gasteiger partial charge in [0.25, 0.3) is 5.91 Å². The monoisotopic (exact) mass is 300 g/mol. The number of methoxy groups -OCH3 is 2. The van der Waals surface area contributed by atoms with Crippen LogP contribution in [-0.2, 0) is 0 Å². The molecule has 5 nitrogen and oxygen atoms in total. The molecule has 0 spiro atoms. The normalized spacial score (nSPS) is 11.6. The predicted molar refractivity (Wildman–Crippen MR) is 84.4 cm³/mol. The minimum Gasteiger partial charge on any atom is -0.496 e. The Hall–Kier alpha value is -2.56. The molecule has 0 bridgehead atoms. The fourth-order valence-corrected chi connectivity index (χ4v) is 2.19. The molecule has 22 heavy (non-hydrogen) atoms. The second-order valence-corrected chi connectivity index (χ2v) is 5.03. The lowest BCUT2D eigenvalue weighted by Crippen LogP contribution is -2.27. The first-order valence-electron chi connectivity index (χ1n) is 7.00. The van der Waals surface area contributed by atoms with E-state index in [1.54, 1.807) is 19.2 Å². The fraction of sp³-hybridized carbons (Fsp3) is 0.294. The summed E-state index contributed by atoms with van der Waals surface area (Å²) >= 11 is 0. The number of ether oxygens (including phenoxy) is 2. The molecule has 116 valence electrons. The van der Waals surface area contributed by atoms with Gasteiger partial charge in [0.15, 0.2) is 0 Å². The Labute approximate surface area is 130 Å². The third-order valence-electron chi connectivity index (χ3n) is 3.41. The Balaban J connectivity index is 2.15. The van der Waals surface area contributed by atoms with E-state index >= 15 is 0 Å². The number of carbonyl (C=O) groups is 1. The van der Waals surface area contributed by atoms with Crippen molar-refractivity contribution in [2.24, 2.45) is 0 Å². The molecule has 2 aromatic rings. The molecule has 1 heterocycles. The van der Waals surface area contributed by atoms with E-state index in [2.05, 4.69) is 10.3 Å². The molecule has 5 heteroatoms. The van der Waals surface area contributed by atoms with Crippen LogP contribution in [0.15, 0.2) is 36.5 Å². The molecule has 1 atom stereocenters. The van der Waals surface area contributed by atoms with Crippen LogP contribution in [0.25, 0.3) is 0 Å². The number of nitrogens with zero attached hydrogens (tertiary/aromatic N) is 1. The lowest BCUT2D eigenvalue weighted by atomic mass is 10.0. The number of hydrogen-bond donors (Lipinski definition) is 1. The Kier molecular flexibility index (Phi) is 4.99. The van der Waals surface area contributed by atoms with E-state index in [0.717, 1.165) is 16.9 Å². The van der Waals surface area contributed by atoms with Crippen molar-refractivity contribution in [3.63, 3.8) is 0 Å². The van der Waals surface area contributed by atoms with Gasteiger partial charge in [-0.3, -0.25) is 4.79 Å². The van der Waals surface area contributed by atoms with Crippen LogP contribution in [0, 0.1) is 6.92 Å². The average Bonchev–Trinajstić information content (AvgIpc) is 2.54. The summed E-state index contributed by atoms with van der Waals surface area (Å²) in [5.41, 5.74) is 2.54. The quantitative estimate of drug-likeness (QED) is 0.922. The molecule has 1 unspecified atom stereocenters. The first kappa shape index (κ1) is 15.8. The van der Waals surface area contributed by atoms with Crippen LogP contribution in [0.5, 0.6) is 11.6 Å². The molecule has 0 saturated heterocycles. The van der Waals surface area contributed by atoms with Crippen LogP contribution in [0.2, 0.25) is 0 Å². The van der Waals surface area contributed by atoms with Gasteiger partial charge in [-0.2, -0.15) is 0 Å². The van der Waals surface area contributed by atoms with Crippen molar-refractivity contribution in [2.45, 2.75) is 19.9 Å². The van der Waals surface area contributed by atoms with Gasteiger partial charge in [-0.05, 0) is 26.0 Å². The molecule has 0 aliphatic heterocycles. The number of carbonyl (C=O) groups excluding carboxylic acids is 1. The van der Waals surface area contributed by atoms with Crippen LogP contribution in [0.1, 0.15) is 34.5 Å². The van der Waals surface area contributed by atoms with Gasteiger partial charge in [0.1, 0.15) is 5.75 Å². The molecular weight excluding hydrogens is 280 g/mol. The minimum absolute atomic E-state index is 0.176. The molecule has 0 aliphatic carbocycles. The standard InChI is InChI=1S/C17H20N2O3/c1-11-5-7-15(21-3)14(9-11)12(2)19-17(20)13-6-8-16(22-4)18-10-13/h5-10,12H,1-4H3,(H,19,20). The van der Waals surface area contributed by atoms with Crippen molar-refractivity contribution in [3.8, 4) is 11.6 Å². The van der Waals surface area contributed by atoms with E-state index < -0.39 is 0 Å². The van der Waals surface area contributed by atoms with Gasteiger partial charge in [-0.15, -0.1) is 0 Å². The first-order chi connectivity index (χ1) is 10.5. The summed E-state index contributed by atoms with van der Waals surface area (Å²) in [7, 11) is 3.16. The Morgan fingerprint density at radius 3 is 2.55 bits per heavy atom. The van der Waals surface area contributed by atoms with E-state index in [9.17, 15) is 4.79 Å². The molecule has 0 aliphatic rings. The van der Waals surface area contributed by atoms with Crippen LogP contribution in [0.3, 0.4) is 0 Å². The molecular formula is C17H20N2O3. The highest BCUT2D eigenvalue weighted by Gasteiger charge is 2.15. The SMILES string of the molecule is COc1ccc(C(=O)NC(C)c2cc(C)ccc2OC)cn1. The second-order valence-electron chi connectivity index (χ2n) is 5.03. The maximum absolute atomic E-state index is 12.3. The average molecular weight is 300 g/mol. The molecule has 1 aromatic heterocycles. The van der Waals surface area contributed by atoms with Gasteiger partial charge in [0, 0.05) is 17.8 Å². The molecule has 1 aromatic carbocycles. The van der Waals surface area contributed by atoms with E-state index in [1.807, 2.05) is 32.0 Å². The van der Waals surface area contributed by atoms with E-state index in [1.165, 1.54) is 13.3 Å². The fourth-order valence-electron chi connectivity index (χ4n) is 2.19. The van der Waals surface area contributed by atoms with E-state index in [4.69, 9.17) is 9.47 Å². The van der Waals surface area contributed by atoms with Crippen LogP contribution in [0.4, 0.5) is 0 Å². The number of pyridine rings is 1. The number of aryl methyl sites for hydroxylation is 1. The van der Waals surface area contributed by atoms with Crippen LogP contribution in [-0.4, -0.2) is 25.1 Å². The van der Waals surface area contributed by atoms with Crippen molar-refractivity contribution in [1.29, 1.82) is 0 Å². The topological polar surface area (TPSA) is 60.5 Å². The molecule has 0 fully saturated rings. The van der Waals surface area contributed by atoms with Gasteiger partial charge >= 0.3 is 0 Å². The van der Waals surface area contributed by atoms with Gasteiger partial charge in [-0.1, -0.05) is 17.7 Å². The van der Waals surface area contributed by atoms with Crippen LogP contribution >= 0.6 is 0 Å². The van der Waals surface area contributed by atoms with Gasteiger partial charge in [-0.25, -0.2) is 4.98 Å². The largest absolute Gasteiger partial charge is 0.496 e. The maximum Gasteiger partial charge on any atom is 0.253 e. The van der Waals surface area contributed by atoms with Gasteiger partial charge in [0.2, 0.25) is 5.88 Å². The zero-order chi connectivity index (χ0) is 16.1. The third-order valence-corrected chi connectivity index (χ3v) is 3.41. The summed E-state index contributed by atoms with van der Waals surface area (Å²) in [6.45, 7) is 3.93. The molecule has 1 N–H and O–H groups in total. The Morgan fingerprint density at radius 2 is 1.95 bits per heavy atom. The lowest BCUT2D eigenvalue weighted by Gasteiger charge is -2.18. The summed E-state index contributed by atoms with van der Waals surface area (Å²) in [6, 6.07) is 9.06. The number of amides is 1. The van der Waals surface area contributed by atoms with E-state index in [-0.39, 0.29) is 11.9 Å². The highest BCUT2D eigenvalue weighted by Crippen LogP contribution is 2.26. The van der Waals surface area contributed by atoms with E-state index in [0.29, 0.717) is 11.4 Å². The molecule has 0 saturated carbocycles. The van der Waals surface area contributed by atoms with Gasteiger partial charge in [0.05, 0.1) is 25.8 Å². The highest BCUT2D eigenvalue weighted by atomic mass is 16.5. The smallest absolute Gasteiger partial charge is 0.253 e. The summed E-state index contributed by atoms with van der Waals surface area (Å²) in [4.78, 5) is 16.3. The predicted octanol–water partition coefficient (Wildman–Crippen LogP) is 2.90. The second kappa shape index (κ2) is 6.93. The summed E-state index contributed by atoms with van der Waals surface area (Å²) < 4.78 is 10.3. The zero-order valence-electron chi connectivity index (χ0n) is 13.2. The number of aromatic nitrogens is 1. The molecule has 1 amide bonds. The van der Waals surface area contributed by atoms with Crippen molar-refractivity contribution in [2.75, 3.05) is 14.2 Å². The third kappa shape index (κ3) is 3.55. The van der Waals surface area contributed by atoms with Crippen molar-refractivity contribution in [3.05, 3.63) is 53.2 Å². The summed E-state index contributed by atoms with van der Waals surface area (Å²) in [5.74, 6) is 1.04. The van der Waals surface area contributed by atoms with Gasteiger partial charge < -0.3 is 14.8 Å². The van der Waals surface area contributed by atoms with Crippen LogP contribution < -0.4 is 14.8 Å². The number of benzene rings is 1. The molecule has 0 radical (unpaired) electrons. The Morgan fingerprint density at radius 1 is 1.18 bits per heavy atom. The molecule has 2 rings (SSSR count). The summed E-state index contributed by atoms with van der Waals surface area (Å²) in [6.07, 6.45) is 1.49.